The van der Waals surface area contributed by atoms with E-state index >= 15 is 0 Å². The summed E-state index contributed by atoms with van der Waals surface area (Å²) in [6.07, 6.45) is 0.757. The van der Waals surface area contributed by atoms with Crippen LogP contribution in [-0.4, -0.2) is 7.05 Å². The number of rotatable bonds is 1. The monoisotopic (exact) mass is 213 g/mol. The molecule has 0 saturated carbocycles. The van der Waals surface area contributed by atoms with E-state index in [1.54, 1.807) is 13.0 Å². The molecule has 0 amide bonds. The Morgan fingerprint density at radius 3 is 2.33 bits per heavy atom. The molecule has 0 unspecified atom stereocenters. The highest BCUT2D eigenvalue weighted by Crippen LogP contribution is 2.37. The van der Waals surface area contributed by atoms with Gasteiger partial charge in [0, 0.05) is 12.6 Å². The van der Waals surface area contributed by atoms with Crippen molar-refractivity contribution in [1.82, 2.24) is 0 Å². The quantitative estimate of drug-likeness (QED) is 0.707. The number of benzene rings is 1. The van der Waals surface area contributed by atoms with Crippen molar-refractivity contribution in [3.8, 4) is 12.3 Å². The molecule has 0 saturated heterocycles. The summed E-state index contributed by atoms with van der Waals surface area (Å²) in [7, 11) is 1.42. The van der Waals surface area contributed by atoms with Crippen LogP contribution in [0.1, 0.15) is 16.7 Å². The molecule has 0 atom stereocenters. The van der Waals surface area contributed by atoms with Crippen LogP contribution >= 0.6 is 0 Å². The van der Waals surface area contributed by atoms with Crippen molar-refractivity contribution < 1.29 is 13.2 Å². The lowest BCUT2D eigenvalue weighted by Crippen LogP contribution is -2.10. The molecule has 4 heteroatoms. The van der Waals surface area contributed by atoms with E-state index in [4.69, 9.17) is 6.42 Å². The Balaban J connectivity index is 3.51. The number of aryl methyl sites for hydroxylation is 1. The molecule has 1 aromatic rings. The van der Waals surface area contributed by atoms with E-state index in [0.29, 0.717) is 5.56 Å². The van der Waals surface area contributed by atoms with Crippen LogP contribution in [0.2, 0.25) is 0 Å². The van der Waals surface area contributed by atoms with E-state index in [-0.39, 0.29) is 11.3 Å². The number of anilines is 1. The maximum Gasteiger partial charge on any atom is 0.418 e. The van der Waals surface area contributed by atoms with Gasteiger partial charge in [-0.3, -0.25) is 0 Å². The normalized spacial score (nSPS) is 10.9. The Morgan fingerprint density at radius 1 is 1.33 bits per heavy atom. The number of hydrogen-bond acceptors (Lipinski definition) is 1. The van der Waals surface area contributed by atoms with Crippen LogP contribution in [0.4, 0.5) is 18.9 Å². The summed E-state index contributed by atoms with van der Waals surface area (Å²) in [5.74, 6) is 2.24. The topological polar surface area (TPSA) is 12.0 Å². The molecular weight excluding hydrogens is 203 g/mol. The predicted molar refractivity (Wildman–Crippen MR) is 53.7 cm³/mol. The molecule has 1 aromatic carbocycles. The van der Waals surface area contributed by atoms with Gasteiger partial charge in [0.25, 0.3) is 0 Å². The minimum atomic E-state index is -4.39. The Bertz CT molecular complexity index is 413. The molecule has 1 N–H and O–H groups in total. The summed E-state index contributed by atoms with van der Waals surface area (Å²) in [6.45, 7) is 1.58. The minimum absolute atomic E-state index is 0.0457. The Morgan fingerprint density at radius 2 is 1.93 bits per heavy atom. The van der Waals surface area contributed by atoms with Gasteiger partial charge in [-0.2, -0.15) is 13.2 Å². The van der Waals surface area contributed by atoms with Crippen molar-refractivity contribution in [2.24, 2.45) is 0 Å². The molecule has 0 aliphatic carbocycles. The average molecular weight is 213 g/mol. The molecule has 0 aliphatic heterocycles. The second kappa shape index (κ2) is 3.85. The highest BCUT2D eigenvalue weighted by atomic mass is 19.4. The molecule has 80 valence electrons. The first-order valence-electron chi connectivity index (χ1n) is 4.26. The maximum absolute atomic E-state index is 12.6. The van der Waals surface area contributed by atoms with Crippen molar-refractivity contribution in [2.45, 2.75) is 13.1 Å². The molecule has 0 spiro atoms. The molecule has 0 radical (unpaired) electrons. The Hall–Kier alpha value is -1.63. The lowest BCUT2D eigenvalue weighted by molar-refractivity contribution is -0.137. The highest BCUT2D eigenvalue weighted by Gasteiger charge is 2.34. The third-order valence-corrected chi connectivity index (χ3v) is 1.99. The van der Waals surface area contributed by atoms with Crippen LogP contribution < -0.4 is 5.32 Å². The first-order valence-corrected chi connectivity index (χ1v) is 4.26. The molecule has 0 aliphatic rings. The van der Waals surface area contributed by atoms with Gasteiger partial charge < -0.3 is 5.32 Å². The summed E-state index contributed by atoms with van der Waals surface area (Å²) in [6, 6.07) is 2.62. The minimum Gasteiger partial charge on any atom is -0.387 e. The lowest BCUT2D eigenvalue weighted by Gasteiger charge is -2.15. The molecule has 1 rings (SSSR count). The molecule has 1 nitrogen and oxygen atoms in total. The van der Waals surface area contributed by atoms with E-state index in [1.807, 2.05) is 0 Å². The fraction of sp³-hybridized carbons (Fsp3) is 0.273. The first kappa shape index (κ1) is 11.4. The van der Waals surface area contributed by atoms with Gasteiger partial charge in [0.05, 0.1) is 11.3 Å². The molecule has 0 bridgehead atoms. The summed E-state index contributed by atoms with van der Waals surface area (Å²) in [5, 5.41) is 2.49. The van der Waals surface area contributed by atoms with Gasteiger partial charge in [0.15, 0.2) is 0 Å². The van der Waals surface area contributed by atoms with Gasteiger partial charge in [-0.1, -0.05) is 5.92 Å². The van der Waals surface area contributed by atoms with E-state index in [1.165, 1.54) is 7.05 Å². The van der Waals surface area contributed by atoms with Gasteiger partial charge in [-0.05, 0) is 24.6 Å². The summed E-state index contributed by atoms with van der Waals surface area (Å²) >= 11 is 0. The van der Waals surface area contributed by atoms with Crippen molar-refractivity contribution in [1.29, 1.82) is 0 Å². The zero-order valence-corrected chi connectivity index (χ0v) is 8.37. The van der Waals surface area contributed by atoms with Gasteiger partial charge in [-0.25, -0.2) is 0 Å². The van der Waals surface area contributed by atoms with Gasteiger partial charge in [-0.15, -0.1) is 6.42 Å². The van der Waals surface area contributed by atoms with E-state index in [9.17, 15) is 13.2 Å². The highest BCUT2D eigenvalue weighted by molar-refractivity contribution is 5.65. The SMILES string of the molecule is C#Cc1cc(C)cc(C(F)(F)F)c1NC. The second-order valence-electron chi connectivity index (χ2n) is 3.13. The van der Waals surface area contributed by atoms with Crippen LogP contribution in [0, 0.1) is 19.3 Å². The van der Waals surface area contributed by atoms with Gasteiger partial charge in [0.1, 0.15) is 0 Å². The van der Waals surface area contributed by atoms with Gasteiger partial charge in [0.2, 0.25) is 0 Å². The molecule has 0 aromatic heterocycles. The lowest BCUT2D eigenvalue weighted by atomic mass is 10.0. The van der Waals surface area contributed by atoms with Crippen LogP contribution in [0.3, 0.4) is 0 Å². The van der Waals surface area contributed by atoms with Crippen molar-refractivity contribution in [3.05, 3.63) is 28.8 Å². The van der Waals surface area contributed by atoms with E-state index in [2.05, 4.69) is 11.2 Å². The zero-order valence-electron chi connectivity index (χ0n) is 8.37. The zero-order chi connectivity index (χ0) is 11.6. The molecular formula is C11H10F3N. The van der Waals surface area contributed by atoms with Crippen molar-refractivity contribution in [3.63, 3.8) is 0 Å². The molecule has 15 heavy (non-hydrogen) atoms. The van der Waals surface area contributed by atoms with Crippen LogP contribution in [0.5, 0.6) is 0 Å². The molecule has 0 fully saturated rings. The fourth-order valence-corrected chi connectivity index (χ4v) is 1.39. The largest absolute Gasteiger partial charge is 0.418 e. The van der Waals surface area contributed by atoms with Crippen LogP contribution in [0.15, 0.2) is 12.1 Å². The summed E-state index contributed by atoms with van der Waals surface area (Å²) < 4.78 is 37.9. The number of alkyl halides is 3. The standard InChI is InChI=1S/C11H10F3N/c1-4-8-5-7(2)6-9(10(8)15-3)11(12,13)14/h1,5-6,15H,2-3H3. The number of terminal acetylenes is 1. The summed E-state index contributed by atoms with van der Waals surface area (Å²) in [5.41, 5.74) is -0.0485. The summed E-state index contributed by atoms with van der Waals surface area (Å²) in [4.78, 5) is 0. The Kier molecular flexibility index (Phi) is 2.94. The third kappa shape index (κ3) is 2.24. The van der Waals surface area contributed by atoms with E-state index in [0.717, 1.165) is 6.07 Å². The first-order chi connectivity index (χ1) is 6.90. The van der Waals surface area contributed by atoms with E-state index < -0.39 is 11.7 Å². The van der Waals surface area contributed by atoms with Crippen LogP contribution in [-0.2, 0) is 6.18 Å². The van der Waals surface area contributed by atoms with Crippen molar-refractivity contribution >= 4 is 5.69 Å². The van der Waals surface area contributed by atoms with Crippen molar-refractivity contribution in [2.75, 3.05) is 12.4 Å². The maximum atomic E-state index is 12.6. The molecule has 0 heterocycles. The number of hydrogen-bond donors (Lipinski definition) is 1. The number of nitrogens with one attached hydrogen (secondary N) is 1. The van der Waals surface area contributed by atoms with Gasteiger partial charge >= 0.3 is 6.18 Å². The average Bonchev–Trinajstić information content (AvgIpc) is 2.15. The fourth-order valence-electron chi connectivity index (χ4n) is 1.39. The Labute approximate surface area is 86.3 Å². The second-order valence-corrected chi connectivity index (χ2v) is 3.13. The predicted octanol–water partition coefficient (Wildman–Crippen LogP) is 3.04. The third-order valence-electron chi connectivity index (χ3n) is 1.99. The number of halogens is 3. The smallest absolute Gasteiger partial charge is 0.387 e. The van der Waals surface area contributed by atoms with Crippen LogP contribution in [0.25, 0.3) is 0 Å².